The van der Waals surface area contributed by atoms with Gasteiger partial charge < -0.3 is 35.4 Å². The molecule has 4 atom stereocenters. The molecule has 0 bridgehead atoms. The fourth-order valence-electron chi connectivity index (χ4n) is 2.41. The Labute approximate surface area is 128 Å². The first-order valence-corrected chi connectivity index (χ1v) is 6.60. The van der Waals surface area contributed by atoms with Gasteiger partial charge in [-0.25, -0.2) is 4.98 Å². The van der Waals surface area contributed by atoms with Crippen LogP contribution in [0.4, 0.5) is 5.95 Å². The van der Waals surface area contributed by atoms with Crippen molar-refractivity contribution in [3.63, 3.8) is 0 Å². The molecule has 0 spiro atoms. The van der Waals surface area contributed by atoms with E-state index in [2.05, 4.69) is 19.6 Å². The number of hydrogen-bond donors (Lipinski definition) is 6. The van der Waals surface area contributed by atoms with Crippen LogP contribution in [0, 0.1) is 0 Å². The molecule has 3 heterocycles. The molecule has 2 aromatic rings. The summed E-state index contributed by atoms with van der Waals surface area (Å²) in [7, 11) is -2.03. The molecule has 1 aliphatic heterocycles. The highest BCUT2D eigenvalue weighted by atomic mass is 16.6. The highest BCUT2D eigenvalue weighted by molar-refractivity contribution is 6.32. The zero-order chi connectivity index (χ0) is 16.7. The minimum Gasteiger partial charge on any atom is -0.402 e. The fraction of sp³-hybridized carbons (Fsp3) is 0.500. The van der Waals surface area contributed by atoms with Crippen LogP contribution in [0.15, 0.2) is 11.1 Å². The molecule has 13 heteroatoms. The molecule has 7 N–H and O–H groups in total. The number of anilines is 1. The zero-order valence-electron chi connectivity index (χ0n) is 11.6. The van der Waals surface area contributed by atoms with Crippen LogP contribution in [0.1, 0.15) is 6.23 Å². The normalized spacial score (nSPS) is 27.7. The third-order valence-corrected chi connectivity index (χ3v) is 3.47. The number of nitrogens with one attached hydrogen (secondary N) is 1. The molecule has 1 fully saturated rings. The minimum atomic E-state index is -2.03. The van der Waals surface area contributed by atoms with Gasteiger partial charge in [-0.3, -0.25) is 14.3 Å². The van der Waals surface area contributed by atoms with Gasteiger partial charge >= 0.3 is 7.32 Å². The molecule has 0 aromatic carbocycles. The lowest BCUT2D eigenvalue weighted by Crippen LogP contribution is -2.35. The Balaban J connectivity index is 1.91. The molecule has 1 saturated heterocycles. The maximum Gasteiger partial charge on any atom is 0.633 e. The summed E-state index contributed by atoms with van der Waals surface area (Å²) in [5.74, 6) is -0.138. The van der Waals surface area contributed by atoms with E-state index in [0.29, 0.717) is 0 Å². The highest BCUT2D eigenvalue weighted by Gasteiger charge is 2.44. The van der Waals surface area contributed by atoms with Crippen LogP contribution in [-0.4, -0.2) is 72.0 Å². The van der Waals surface area contributed by atoms with E-state index in [0.717, 1.165) is 0 Å². The lowest BCUT2D eigenvalue weighted by Gasteiger charge is -2.16. The summed E-state index contributed by atoms with van der Waals surface area (Å²) in [4.78, 5) is 21.8. The fourth-order valence-corrected chi connectivity index (χ4v) is 2.41. The molecular weight excluding hydrogens is 313 g/mol. The molecular formula is C10H14BN5O7. The molecule has 1 aliphatic rings. The van der Waals surface area contributed by atoms with E-state index >= 15 is 0 Å². The van der Waals surface area contributed by atoms with E-state index in [-0.39, 0.29) is 23.7 Å². The van der Waals surface area contributed by atoms with E-state index in [9.17, 15) is 15.0 Å². The lowest BCUT2D eigenvalue weighted by atomic mass is 10.1. The standard InChI is InChI=1S/C10H14BN5O7/c12-10-14-7-4(8(19)15-10)13-2-16(7)9-6(18)5(17)3(23-9)1-22-11(20)21/h2-3,5-6,9,17-18,20-21H,1H2,(H3,12,14,15,19)/t3-,5-,6-,9-/m1/s1. The number of aromatic nitrogens is 4. The number of aromatic amines is 1. The number of nitrogens with two attached hydrogens (primary N) is 1. The maximum atomic E-state index is 11.7. The molecule has 23 heavy (non-hydrogen) atoms. The quantitative estimate of drug-likeness (QED) is 0.305. The van der Waals surface area contributed by atoms with Gasteiger partial charge in [-0.15, -0.1) is 0 Å². The van der Waals surface area contributed by atoms with Gasteiger partial charge in [-0.05, 0) is 0 Å². The first kappa shape index (κ1) is 15.9. The molecule has 3 rings (SSSR count). The van der Waals surface area contributed by atoms with Gasteiger partial charge in [0.15, 0.2) is 17.4 Å². The predicted octanol–water partition coefficient (Wildman–Crippen LogP) is -3.69. The summed E-state index contributed by atoms with van der Waals surface area (Å²) < 4.78 is 11.2. The second-order valence-corrected chi connectivity index (χ2v) is 4.98. The van der Waals surface area contributed by atoms with Crippen molar-refractivity contribution in [1.29, 1.82) is 0 Å². The van der Waals surface area contributed by atoms with Gasteiger partial charge in [0.2, 0.25) is 5.95 Å². The average molecular weight is 327 g/mol. The Morgan fingerprint density at radius 1 is 1.43 bits per heavy atom. The van der Waals surface area contributed by atoms with E-state index in [4.69, 9.17) is 20.5 Å². The number of nitrogen functional groups attached to an aromatic ring is 1. The number of ether oxygens (including phenoxy) is 1. The maximum absolute atomic E-state index is 11.7. The molecule has 12 nitrogen and oxygen atoms in total. The van der Waals surface area contributed by atoms with Crippen molar-refractivity contribution < 1.29 is 29.7 Å². The highest BCUT2D eigenvalue weighted by Crippen LogP contribution is 2.31. The van der Waals surface area contributed by atoms with Gasteiger partial charge in [-0.1, -0.05) is 0 Å². The number of fused-ring (bicyclic) bond motifs is 1. The number of rotatable bonds is 4. The summed E-state index contributed by atoms with van der Waals surface area (Å²) in [6, 6.07) is 0. The summed E-state index contributed by atoms with van der Waals surface area (Å²) in [5.41, 5.74) is 5.00. The number of nitrogens with zero attached hydrogens (tertiary/aromatic N) is 3. The summed E-state index contributed by atoms with van der Waals surface area (Å²) >= 11 is 0. The second-order valence-electron chi connectivity index (χ2n) is 4.98. The van der Waals surface area contributed by atoms with E-state index < -0.39 is 37.4 Å². The molecule has 0 amide bonds. The monoisotopic (exact) mass is 327 g/mol. The Morgan fingerprint density at radius 2 is 2.17 bits per heavy atom. The molecule has 124 valence electrons. The average Bonchev–Trinajstić information content (AvgIpc) is 3.00. The lowest BCUT2D eigenvalue weighted by molar-refractivity contribution is -0.0524. The van der Waals surface area contributed by atoms with Crippen molar-refractivity contribution in [2.45, 2.75) is 24.5 Å². The van der Waals surface area contributed by atoms with E-state index in [1.807, 2.05) is 0 Å². The van der Waals surface area contributed by atoms with Gasteiger partial charge in [0.25, 0.3) is 5.56 Å². The minimum absolute atomic E-state index is 0.00466. The first-order valence-electron chi connectivity index (χ1n) is 6.60. The second kappa shape index (κ2) is 5.88. The van der Waals surface area contributed by atoms with E-state index in [1.165, 1.54) is 10.9 Å². The van der Waals surface area contributed by atoms with Crippen molar-refractivity contribution in [1.82, 2.24) is 19.5 Å². The van der Waals surface area contributed by atoms with Crippen molar-refractivity contribution >= 4 is 24.4 Å². The third-order valence-electron chi connectivity index (χ3n) is 3.47. The number of imidazole rings is 1. The Hall–Kier alpha value is -2.03. The Kier molecular flexibility index (Phi) is 4.05. The summed E-state index contributed by atoms with van der Waals surface area (Å²) in [5, 5.41) is 37.4. The third kappa shape index (κ3) is 2.80. The van der Waals surface area contributed by atoms with Gasteiger partial charge in [-0.2, -0.15) is 4.98 Å². The number of hydrogen-bond acceptors (Lipinski definition) is 10. The predicted molar refractivity (Wildman–Crippen MR) is 74.6 cm³/mol. The van der Waals surface area contributed by atoms with Crippen LogP contribution >= 0.6 is 0 Å². The SMILES string of the molecule is Nc1nc2c(ncn2[C@@H]2O[C@H](COB(O)O)[C@@H](O)[C@H]2O)c(=O)[nH]1. The van der Waals surface area contributed by atoms with Crippen molar-refractivity contribution in [2.24, 2.45) is 0 Å². The van der Waals surface area contributed by atoms with Crippen LogP contribution in [0.2, 0.25) is 0 Å². The summed E-state index contributed by atoms with van der Waals surface area (Å²) in [6.45, 7) is -0.366. The van der Waals surface area contributed by atoms with Gasteiger partial charge in [0, 0.05) is 0 Å². The summed E-state index contributed by atoms with van der Waals surface area (Å²) in [6.07, 6.45) is -3.63. The smallest absolute Gasteiger partial charge is 0.402 e. The largest absolute Gasteiger partial charge is 0.633 e. The molecule has 0 radical (unpaired) electrons. The van der Waals surface area contributed by atoms with Crippen LogP contribution in [0.25, 0.3) is 11.2 Å². The van der Waals surface area contributed by atoms with E-state index in [1.54, 1.807) is 0 Å². The molecule has 0 unspecified atom stereocenters. The number of aliphatic hydroxyl groups excluding tert-OH is 2. The van der Waals surface area contributed by atoms with Crippen LogP contribution in [0.3, 0.4) is 0 Å². The Morgan fingerprint density at radius 3 is 2.87 bits per heavy atom. The van der Waals surface area contributed by atoms with Crippen molar-refractivity contribution in [3.05, 3.63) is 16.7 Å². The number of H-pyrrole nitrogens is 1. The van der Waals surface area contributed by atoms with Gasteiger partial charge in [0.1, 0.15) is 18.3 Å². The van der Waals surface area contributed by atoms with Crippen LogP contribution < -0.4 is 11.3 Å². The topological polar surface area (TPSA) is 189 Å². The Bertz CT molecular complexity index is 764. The van der Waals surface area contributed by atoms with Crippen LogP contribution in [-0.2, 0) is 9.39 Å². The zero-order valence-corrected chi connectivity index (χ0v) is 11.6. The van der Waals surface area contributed by atoms with Crippen molar-refractivity contribution in [3.8, 4) is 0 Å². The number of aliphatic hydroxyl groups is 2. The molecule has 2 aromatic heterocycles. The molecule has 0 aliphatic carbocycles. The molecule has 0 saturated carbocycles. The first-order chi connectivity index (χ1) is 10.9. The van der Waals surface area contributed by atoms with Gasteiger partial charge in [0.05, 0.1) is 12.9 Å². The van der Waals surface area contributed by atoms with Crippen LogP contribution in [0.5, 0.6) is 0 Å². The van der Waals surface area contributed by atoms with Crippen molar-refractivity contribution in [2.75, 3.05) is 12.3 Å².